The van der Waals surface area contributed by atoms with E-state index in [9.17, 15) is 0 Å². The maximum absolute atomic E-state index is 6.01. The molecule has 2 aromatic rings. The summed E-state index contributed by atoms with van der Waals surface area (Å²) >= 11 is 6.01. The highest BCUT2D eigenvalue weighted by atomic mass is 35.5. The van der Waals surface area contributed by atoms with Gasteiger partial charge in [0.1, 0.15) is 11.8 Å². The topological polar surface area (TPSA) is 52.8 Å². The normalized spacial score (nSPS) is 23.9. The minimum absolute atomic E-state index is 0.421. The predicted molar refractivity (Wildman–Crippen MR) is 68.6 cm³/mol. The van der Waals surface area contributed by atoms with Crippen LogP contribution in [0, 0.1) is 5.92 Å². The van der Waals surface area contributed by atoms with E-state index < -0.39 is 0 Å². The summed E-state index contributed by atoms with van der Waals surface area (Å²) in [6.45, 7) is 0.832. The Hall–Kier alpha value is -1.20. The van der Waals surface area contributed by atoms with Gasteiger partial charge >= 0.3 is 0 Å². The van der Waals surface area contributed by atoms with Gasteiger partial charge in [0.15, 0.2) is 10.8 Å². The Balaban J connectivity index is 1.89. The number of halogens is 1. The van der Waals surface area contributed by atoms with Crippen LogP contribution in [0.1, 0.15) is 25.3 Å². The summed E-state index contributed by atoms with van der Waals surface area (Å²) in [5.74, 6) is 0.634. The molecular formula is C12H15ClN4O. The van der Waals surface area contributed by atoms with Gasteiger partial charge in [0.25, 0.3) is 0 Å². The molecule has 2 heterocycles. The lowest BCUT2D eigenvalue weighted by atomic mass is 10.1. The summed E-state index contributed by atoms with van der Waals surface area (Å²) < 4.78 is 7.35. The third kappa shape index (κ3) is 1.97. The zero-order chi connectivity index (χ0) is 12.5. The van der Waals surface area contributed by atoms with Crippen molar-refractivity contribution in [2.75, 3.05) is 13.7 Å². The van der Waals surface area contributed by atoms with Crippen molar-refractivity contribution in [3.05, 3.63) is 17.8 Å². The third-order valence-corrected chi connectivity index (χ3v) is 3.90. The molecular weight excluding hydrogens is 252 g/mol. The minimum atomic E-state index is 0.421. The number of nitrogens with zero attached hydrogens (tertiary/aromatic N) is 4. The number of aromatic nitrogens is 4. The molecule has 6 heteroatoms. The fourth-order valence-corrected chi connectivity index (χ4v) is 2.96. The van der Waals surface area contributed by atoms with Gasteiger partial charge in [-0.05, 0) is 25.2 Å². The van der Waals surface area contributed by atoms with E-state index in [2.05, 4.69) is 19.5 Å². The second kappa shape index (κ2) is 4.82. The molecule has 0 bridgehead atoms. The SMILES string of the molecule is COCC1CCC(n2cnc3c(Cl)ncnc32)C1. The van der Waals surface area contributed by atoms with Crippen molar-refractivity contribution in [2.45, 2.75) is 25.3 Å². The summed E-state index contributed by atoms with van der Waals surface area (Å²) in [7, 11) is 1.76. The van der Waals surface area contributed by atoms with Crippen LogP contribution in [0.3, 0.4) is 0 Å². The first-order valence-electron chi connectivity index (χ1n) is 6.11. The van der Waals surface area contributed by atoms with Crippen LogP contribution < -0.4 is 0 Å². The first-order chi connectivity index (χ1) is 8.79. The molecule has 1 fully saturated rings. The predicted octanol–water partition coefficient (Wildman–Crippen LogP) is 2.47. The molecule has 0 radical (unpaired) electrons. The highest BCUT2D eigenvalue weighted by Crippen LogP contribution is 2.36. The Bertz CT molecular complexity index is 556. The van der Waals surface area contributed by atoms with Crippen LogP contribution in [-0.2, 0) is 4.74 Å². The van der Waals surface area contributed by atoms with Gasteiger partial charge < -0.3 is 9.30 Å². The van der Waals surface area contributed by atoms with Gasteiger partial charge in [-0.25, -0.2) is 15.0 Å². The number of fused-ring (bicyclic) bond motifs is 1. The Labute approximate surface area is 110 Å². The van der Waals surface area contributed by atoms with Crippen LogP contribution in [-0.4, -0.2) is 33.2 Å². The molecule has 3 rings (SSSR count). The summed E-state index contributed by atoms with van der Waals surface area (Å²) in [6, 6.07) is 0.445. The van der Waals surface area contributed by atoms with Crippen LogP contribution in [0.4, 0.5) is 0 Å². The monoisotopic (exact) mass is 266 g/mol. The number of imidazole rings is 1. The highest BCUT2D eigenvalue weighted by Gasteiger charge is 2.27. The number of hydrogen-bond acceptors (Lipinski definition) is 4. The van der Waals surface area contributed by atoms with E-state index in [1.165, 1.54) is 12.7 Å². The summed E-state index contributed by atoms with van der Waals surface area (Å²) in [5, 5.41) is 0.421. The van der Waals surface area contributed by atoms with E-state index in [1.54, 1.807) is 7.11 Å². The minimum Gasteiger partial charge on any atom is -0.384 e. The van der Waals surface area contributed by atoms with E-state index >= 15 is 0 Å². The average Bonchev–Trinajstić information content (AvgIpc) is 2.96. The van der Waals surface area contributed by atoms with Gasteiger partial charge in [0.05, 0.1) is 6.33 Å². The molecule has 1 aliphatic rings. The van der Waals surface area contributed by atoms with E-state index in [0.29, 0.717) is 22.6 Å². The van der Waals surface area contributed by atoms with E-state index in [-0.39, 0.29) is 0 Å². The summed E-state index contributed by atoms with van der Waals surface area (Å²) in [6.07, 6.45) is 6.76. The van der Waals surface area contributed by atoms with Crippen molar-refractivity contribution in [3.63, 3.8) is 0 Å². The highest BCUT2D eigenvalue weighted by molar-refractivity contribution is 6.33. The molecule has 96 valence electrons. The van der Waals surface area contributed by atoms with Crippen LogP contribution in [0.15, 0.2) is 12.7 Å². The molecule has 2 aromatic heterocycles. The standard InChI is InChI=1S/C12H15ClN4O/c1-18-5-8-2-3-9(4-8)17-7-16-10-11(13)14-6-15-12(10)17/h6-9H,2-5H2,1H3. The van der Waals surface area contributed by atoms with E-state index in [1.807, 2.05) is 6.33 Å². The van der Waals surface area contributed by atoms with E-state index in [0.717, 1.165) is 25.1 Å². The fraction of sp³-hybridized carbons (Fsp3) is 0.583. The Morgan fingerprint density at radius 3 is 3.11 bits per heavy atom. The van der Waals surface area contributed by atoms with Crippen LogP contribution in [0.25, 0.3) is 11.2 Å². The maximum atomic E-state index is 6.01. The third-order valence-electron chi connectivity index (χ3n) is 3.62. The largest absolute Gasteiger partial charge is 0.384 e. The molecule has 1 aliphatic carbocycles. The first kappa shape index (κ1) is 11.9. The van der Waals surface area contributed by atoms with Gasteiger partial charge in [0, 0.05) is 19.8 Å². The molecule has 2 atom stereocenters. The zero-order valence-electron chi connectivity index (χ0n) is 10.2. The van der Waals surface area contributed by atoms with Crippen LogP contribution in [0.2, 0.25) is 5.15 Å². The molecule has 18 heavy (non-hydrogen) atoms. The van der Waals surface area contributed by atoms with Crippen molar-refractivity contribution in [1.29, 1.82) is 0 Å². The summed E-state index contributed by atoms with van der Waals surface area (Å²) in [4.78, 5) is 12.5. The molecule has 0 spiro atoms. The van der Waals surface area contributed by atoms with Crippen LogP contribution in [0.5, 0.6) is 0 Å². The number of methoxy groups -OCH3 is 1. The molecule has 0 saturated heterocycles. The second-order valence-electron chi connectivity index (χ2n) is 4.78. The van der Waals surface area contributed by atoms with Crippen molar-refractivity contribution in [3.8, 4) is 0 Å². The van der Waals surface area contributed by atoms with Crippen molar-refractivity contribution >= 4 is 22.8 Å². The quantitative estimate of drug-likeness (QED) is 0.801. The molecule has 5 nitrogen and oxygen atoms in total. The lowest BCUT2D eigenvalue weighted by Crippen LogP contribution is -2.07. The van der Waals surface area contributed by atoms with Gasteiger partial charge in [-0.3, -0.25) is 0 Å². The first-order valence-corrected chi connectivity index (χ1v) is 6.49. The molecule has 0 N–H and O–H groups in total. The smallest absolute Gasteiger partial charge is 0.165 e. The zero-order valence-corrected chi connectivity index (χ0v) is 11.0. The Morgan fingerprint density at radius 2 is 2.28 bits per heavy atom. The summed E-state index contributed by atoms with van der Waals surface area (Å²) in [5.41, 5.74) is 1.52. The van der Waals surface area contributed by atoms with Gasteiger partial charge in [-0.15, -0.1) is 0 Å². The lowest BCUT2D eigenvalue weighted by Gasteiger charge is -2.12. The lowest BCUT2D eigenvalue weighted by molar-refractivity contribution is 0.153. The average molecular weight is 267 g/mol. The molecule has 2 unspecified atom stereocenters. The molecule has 1 saturated carbocycles. The van der Waals surface area contributed by atoms with Crippen molar-refractivity contribution in [2.24, 2.45) is 5.92 Å². The number of hydrogen-bond donors (Lipinski definition) is 0. The second-order valence-corrected chi connectivity index (χ2v) is 5.13. The molecule has 0 aromatic carbocycles. The number of rotatable bonds is 3. The van der Waals surface area contributed by atoms with Crippen molar-refractivity contribution in [1.82, 2.24) is 19.5 Å². The maximum Gasteiger partial charge on any atom is 0.165 e. The number of ether oxygens (including phenoxy) is 1. The van der Waals surface area contributed by atoms with Crippen LogP contribution >= 0.6 is 11.6 Å². The van der Waals surface area contributed by atoms with Gasteiger partial charge in [-0.1, -0.05) is 11.6 Å². The Kier molecular flexibility index (Phi) is 3.18. The Morgan fingerprint density at radius 1 is 1.39 bits per heavy atom. The molecule has 0 aliphatic heterocycles. The van der Waals surface area contributed by atoms with Gasteiger partial charge in [0.2, 0.25) is 0 Å². The molecule has 0 amide bonds. The van der Waals surface area contributed by atoms with Gasteiger partial charge in [-0.2, -0.15) is 0 Å². The van der Waals surface area contributed by atoms with E-state index in [4.69, 9.17) is 16.3 Å². The fourth-order valence-electron chi connectivity index (χ4n) is 2.78. The van der Waals surface area contributed by atoms with Crippen molar-refractivity contribution < 1.29 is 4.74 Å².